The molecule has 0 aliphatic heterocycles. The normalized spacial score (nSPS) is 11.3. The van der Waals surface area contributed by atoms with E-state index in [0.29, 0.717) is 11.4 Å². The van der Waals surface area contributed by atoms with E-state index < -0.39 is 20.7 Å². The number of benzene rings is 2. The first-order valence-electron chi connectivity index (χ1n) is 5.63. The van der Waals surface area contributed by atoms with E-state index in [2.05, 4.69) is 4.72 Å². The smallest absolute Gasteiger partial charge is 0.264 e. The fourth-order valence-electron chi connectivity index (χ4n) is 1.64. The molecule has 0 spiro atoms. The summed E-state index contributed by atoms with van der Waals surface area (Å²) in [5.74, 6) is -0.905. The van der Waals surface area contributed by atoms with Crippen LogP contribution in [-0.4, -0.2) is 8.42 Å². The van der Waals surface area contributed by atoms with Crippen LogP contribution in [0.3, 0.4) is 0 Å². The van der Waals surface area contributed by atoms with Crippen LogP contribution in [0.15, 0.2) is 41.3 Å². The Kier molecular flexibility index (Phi) is 3.87. The second-order valence-electron chi connectivity index (χ2n) is 4.25. The molecule has 4 nitrogen and oxygen atoms in total. The summed E-state index contributed by atoms with van der Waals surface area (Å²) in [5.41, 5.74) is 7.23. The van der Waals surface area contributed by atoms with Crippen LogP contribution < -0.4 is 10.5 Å². The molecular weight excluding hydrogens is 303 g/mol. The molecule has 2 rings (SSSR count). The zero-order valence-electron chi connectivity index (χ0n) is 10.5. The van der Waals surface area contributed by atoms with Crippen molar-refractivity contribution in [3.63, 3.8) is 0 Å². The molecule has 7 heteroatoms. The lowest BCUT2D eigenvalue weighted by Crippen LogP contribution is -2.14. The number of anilines is 2. The number of nitrogens with one attached hydrogen (secondary N) is 1. The van der Waals surface area contributed by atoms with Crippen LogP contribution in [0.1, 0.15) is 5.56 Å². The van der Waals surface area contributed by atoms with E-state index >= 15 is 0 Å². The standard InChI is InChI=1S/C13H12ClFN2O2S/c1-8-6-10(3-4-12(8)16)17-20(18,19)13-5-2-9(14)7-11(13)15/h2-7,17H,16H2,1H3. The number of nitrogens with two attached hydrogens (primary N) is 1. The number of hydrogen-bond acceptors (Lipinski definition) is 3. The SMILES string of the molecule is Cc1cc(NS(=O)(=O)c2ccc(Cl)cc2F)ccc1N. The highest BCUT2D eigenvalue weighted by Crippen LogP contribution is 2.23. The average Bonchev–Trinajstić information content (AvgIpc) is 2.33. The highest BCUT2D eigenvalue weighted by atomic mass is 35.5. The number of rotatable bonds is 3. The predicted molar refractivity (Wildman–Crippen MR) is 77.8 cm³/mol. The Morgan fingerprint density at radius 3 is 2.50 bits per heavy atom. The topological polar surface area (TPSA) is 72.2 Å². The van der Waals surface area contributed by atoms with E-state index in [1.54, 1.807) is 19.1 Å². The van der Waals surface area contributed by atoms with E-state index in [0.717, 1.165) is 17.7 Å². The summed E-state index contributed by atoms with van der Waals surface area (Å²) >= 11 is 5.60. The third-order valence-electron chi connectivity index (χ3n) is 2.71. The molecule has 0 radical (unpaired) electrons. The minimum atomic E-state index is -4.01. The molecule has 0 aliphatic rings. The Labute approximate surface area is 121 Å². The van der Waals surface area contributed by atoms with Crippen LogP contribution in [0.4, 0.5) is 15.8 Å². The molecule has 0 aliphatic carbocycles. The summed E-state index contributed by atoms with van der Waals surface area (Å²) < 4.78 is 40.2. The number of halogens is 2. The van der Waals surface area contributed by atoms with Crippen LogP contribution in [0.5, 0.6) is 0 Å². The highest BCUT2D eigenvalue weighted by molar-refractivity contribution is 7.92. The van der Waals surface area contributed by atoms with Crippen molar-refractivity contribution in [3.05, 3.63) is 52.8 Å². The lowest BCUT2D eigenvalue weighted by molar-refractivity contribution is 0.570. The van der Waals surface area contributed by atoms with Gasteiger partial charge in [-0.2, -0.15) is 0 Å². The van der Waals surface area contributed by atoms with Gasteiger partial charge >= 0.3 is 0 Å². The summed E-state index contributed by atoms with van der Waals surface area (Å²) in [4.78, 5) is -0.462. The molecule has 2 aromatic carbocycles. The minimum absolute atomic E-state index is 0.129. The first kappa shape index (κ1) is 14.6. The van der Waals surface area contributed by atoms with Gasteiger partial charge in [-0.3, -0.25) is 4.72 Å². The molecule has 0 saturated heterocycles. The first-order valence-corrected chi connectivity index (χ1v) is 7.50. The predicted octanol–water partition coefficient (Wildman–Crippen LogP) is 3.17. The summed E-state index contributed by atoms with van der Waals surface area (Å²) in [6.07, 6.45) is 0. The van der Waals surface area contributed by atoms with Gasteiger partial charge < -0.3 is 5.73 Å². The fraction of sp³-hybridized carbons (Fsp3) is 0.0769. The summed E-state index contributed by atoms with van der Waals surface area (Å²) in [5, 5.41) is 0.129. The van der Waals surface area contributed by atoms with Crippen molar-refractivity contribution in [2.75, 3.05) is 10.5 Å². The summed E-state index contributed by atoms with van der Waals surface area (Å²) in [7, 11) is -4.01. The molecule has 0 bridgehead atoms. The molecule has 0 aromatic heterocycles. The number of hydrogen-bond donors (Lipinski definition) is 2. The van der Waals surface area contributed by atoms with Gasteiger partial charge in [0.05, 0.1) is 0 Å². The second kappa shape index (κ2) is 5.30. The number of sulfonamides is 1. The minimum Gasteiger partial charge on any atom is -0.399 e. The van der Waals surface area contributed by atoms with Gasteiger partial charge in [-0.25, -0.2) is 12.8 Å². The Morgan fingerprint density at radius 1 is 1.20 bits per heavy atom. The average molecular weight is 315 g/mol. The Balaban J connectivity index is 2.38. The monoisotopic (exact) mass is 314 g/mol. The van der Waals surface area contributed by atoms with Gasteiger partial charge in [0.15, 0.2) is 0 Å². The van der Waals surface area contributed by atoms with E-state index in [1.165, 1.54) is 12.1 Å². The van der Waals surface area contributed by atoms with Gasteiger partial charge in [-0.15, -0.1) is 0 Å². The van der Waals surface area contributed by atoms with Crippen LogP contribution in [0.25, 0.3) is 0 Å². The van der Waals surface area contributed by atoms with E-state index in [1.807, 2.05) is 0 Å². The molecule has 0 fully saturated rings. The van der Waals surface area contributed by atoms with Crippen molar-refractivity contribution in [2.24, 2.45) is 0 Å². The lowest BCUT2D eigenvalue weighted by Gasteiger charge is -2.10. The molecule has 3 N–H and O–H groups in total. The molecule has 0 saturated carbocycles. The molecule has 20 heavy (non-hydrogen) atoms. The van der Waals surface area contributed by atoms with Crippen molar-refractivity contribution in [1.29, 1.82) is 0 Å². The van der Waals surface area contributed by atoms with Crippen LogP contribution in [-0.2, 0) is 10.0 Å². The number of aryl methyl sites for hydroxylation is 1. The van der Waals surface area contributed by atoms with Gasteiger partial charge in [0.2, 0.25) is 0 Å². The van der Waals surface area contributed by atoms with Crippen molar-refractivity contribution < 1.29 is 12.8 Å². The van der Waals surface area contributed by atoms with Crippen molar-refractivity contribution in [2.45, 2.75) is 11.8 Å². The molecule has 0 unspecified atom stereocenters. The lowest BCUT2D eigenvalue weighted by atomic mass is 10.2. The quantitative estimate of drug-likeness (QED) is 0.855. The maximum absolute atomic E-state index is 13.7. The summed E-state index contributed by atoms with van der Waals surface area (Å²) in [6.45, 7) is 1.75. The van der Waals surface area contributed by atoms with Crippen molar-refractivity contribution in [1.82, 2.24) is 0 Å². The Morgan fingerprint density at radius 2 is 1.90 bits per heavy atom. The molecule has 0 heterocycles. The highest BCUT2D eigenvalue weighted by Gasteiger charge is 2.19. The molecule has 0 amide bonds. The second-order valence-corrected chi connectivity index (χ2v) is 6.34. The van der Waals surface area contributed by atoms with E-state index in [4.69, 9.17) is 17.3 Å². The maximum atomic E-state index is 13.7. The fourth-order valence-corrected chi connectivity index (χ4v) is 2.91. The molecular formula is C13H12ClFN2O2S. The van der Waals surface area contributed by atoms with Crippen LogP contribution in [0.2, 0.25) is 5.02 Å². The molecule has 106 valence electrons. The van der Waals surface area contributed by atoms with Gasteiger partial charge in [-0.1, -0.05) is 11.6 Å². The Bertz CT molecular complexity index is 763. The largest absolute Gasteiger partial charge is 0.399 e. The van der Waals surface area contributed by atoms with Crippen LogP contribution >= 0.6 is 11.6 Å². The third kappa shape index (κ3) is 3.02. The Hall–Kier alpha value is -1.79. The third-order valence-corrected chi connectivity index (χ3v) is 4.36. The summed E-state index contributed by atoms with van der Waals surface area (Å²) in [6, 6.07) is 8.03. The molecule has 0 atom stereocenters. The van der Waals surface area contributed by atoms with E-state index in [-0.39, 0.29) is 5.02 Å². The van der Waals surface area contributed by atoms with Gasteiger partial charge in [0.1, 0.15) is 10.7 Å². The number of nitrogen functional groups attached to an aromatic ring is 1. The molecule has 2 aromatic rings. The maximum Gasteiger partial charge on any atom is 0.264 e. The zero-order chi connectivity index (χ0) is 14.9. The zero-order valence-corrected chi connectivity index (χ0v) is 12.1. The first-order chi connectivity index (χ1) is 9.29. The van der Waals surface area contributed by atoms with Gasteiger partial charge in [-0.05, 0) is 48.9 Å². The van der Waals surface area contributed by atoms with Gasteiger partial charge in [0.25, 0.3) is 10.0 Å². The van der Waals surface area contributed by atoms with E-state index in [9.17, 15) is 12.8 Å². The van der Waals surface area contributed by atoms with Gasteiger partial charge in [0, 0.05) is 16.4 Å². The van der Waals surface area contributed by atoms with Crippen molar-refractivity contribution in [3.8, 4) is 0 Å². The van der Waals surface area contributed by atoms with Crippen molar-refractivity contribution >= 4 is 33.0 Å². The van der Waals surface area contributed by atoms with Crippen LogP contribution in [0, 0.1) is 12.7 Å².